The van der Waals surface area contributed by atoms with E-state index in [0.29, 0.717) is 28.4 Å². The van der Waals surface area contributed by atoms with E-state index in [1.807, 2.05) is 24.3 Å². The van der Waals surface area contributed by atoms with E-state index in [4.69, 9.17) is 14.2 Å². The molecule has 5 nitrogen and oxygen atoms in total. The SMILES string of the molecule is C=C(C)C(=O)Oc1ccc(-c2ccc3c(c2)sc2c(OC)c(OC(=O)C(=C)C)ccc23)cc1. The van der Waals surface area contributed by atoms with Gasteiger partial charge in [0.1, 0.15) is 5.75 Å². The van der Waals surface area contributed by atoms with Crippen molar-refractivity contribution in [3.8, 4) is 28.4 Å². The van der Waals surface area contributed by atoms with Crippen molar-refractivity contribution in [1.29, 1.82) is 0 Å². The Kier molecular flexibility index (Phi) is 6.03. The molecule has 4 aromatic rings. The van der Waals surface area contributed by atoms with E-state index in [2.05, 4.69) is 25.3 Å². The second-order valence-electron chi connectivity index (χ2n) is 7.65. The lowest BCUT2D eigenvalue weighted by Crippen LogP contribution is -2.08. The maximum absolute atomic E-state index is 12.0. The first-order chi connectivity index (χ1) is 15.8. The molecule has 0 saturated heterocycles. The fraction of sp³-hybridized carbons (Fsp3) is 0.111. The molecule has 0 atom stereocenters. The smallest absolute Gasteiger partial charge is 0.338 e. The van der Waals surface area contributed by atoms with Crippen molar-refractivity contribution in [1.82, 2.24) is 0 Å². The molecule has 166 valence electrons. The summed E-state index contributed by atoms with van der Waals surface area (Å²) in [5, 5.41) is 2.11. The predicted molar refractivity (Wildman–Crippen MR) is 132 cm³/mol. The van der Waals surface area contributed by atoms with Gasteiger partial charge in [-0.25, -0.2) is 9.59 Å². The van der Waals surface area contributed by atoms with Crippen LogP contribution < -0.4 is 14.2 Å². The third-order valence-electron chi connectivity index (χ3n) is 5.06. The Morgan fingerprint density at radius 3 is 2.03 bits per heavy atom. The molecule has 1 aromatic heterocycles. The zero-order valence-electron chi connectivity index (χ0n) is 18.6. The number of ether oxygens (including phenoxy) is 3. The number of rotatable bonds is 6. The van der Waals surface area contributed by atoms with Gasteiger partial charge in [-0.2, -0.15) is 0 Å². The number of esters is 2. The summed E-state index contributed by atoms with van der Waals surface area (Å²) in [5.74, 6) is 0.416. The Hall–Kier alpha value is -3.90. The van der Waals surface area contributed by atoms with Gasteiger partial charge in [0.05, 0.1) is 11.8 Å². The number of carbonyl (C=O) groups is 2. The predicted octanol–water partition coefficient (Wildman–Crippen LogP) is 6.69. The van der Waals surface area contributed by atoms with Gasteiger partial charge in [-0.1, -0.05) is 37.4 Å². The lowest BCUT2D eigenvalue weighted by Gasteiger charge is -2.09. The Bertz CT molecular complexity index is 1430. The summed E-state index contributed by atoms with van der Waals surface area (Å²) in [6, 6.07) is 17.2. The van der Waals surface area contributed by atoms with Gasteiger partial charge in [-0.3, -0.25) is 0 Å². The molecule has 1 heterocycles. The molecule has 0 bridgehead atoms. The van der Waals surface area contributed by atoms with E-state index in [1.54, 1.807) is 50.5 Å². The number of carbonyl (C=O) groups excluding carboxylic acids is 2. The summed E-state index contributed by atoms with van der Waals surface area (Å²) in [4.78, 5) is 23.7. The van der Waals surface area contributed by atoms with Crippen molar-refractivity contribution < 1.29 is 23.8 Å². The van der Waals surface area contributed by atoms with Crippen molar-refractivity contribution in [3.05, 3.63) is 78.9 Å². The second-order valence-corrected chi connectivity index (χ2v) is 8.70. The van der Waals surface area contributed by atoms with Crippen molar-refractivity contribution >= 4 is 43.4 Å². The van der Waals surface area contributed by atoms with Crippen LogP contribution in [0.3, 0.4) is 0 Å². The fourth-order valence-electron chi connectivity index (χ4n) is 3.35. The monoisotopic (exact) mass is 458 g/mol. The van der Waals surface area contributed by atoms with Crippen molar-refractivity contribution in [2.75, 3.05) is 7.11 Å². The van der Waals surface area contributed by atoms with E-state index >= 15 is 0 Å². The summed E-state index contributed by atoms with van der Waals surface area (Å²) < 4.78 is 18.3. The van der Waals surface area contributed by atoms with Crippen LogP contribution in [0.1, 0.15) is 13.8 Å². The van der Waals surface area contributed by atoms with Gasteiger partial charge in [0.25, 0.3) is 0 Å². The van der Waals surface area contributed by atoms with Crippen LogP contribution >= 0.6 is 11.3 Å². The largest absolute Gasteiger partial charge is 0.491 e. The molecular formula is C27H22O5S. The van der Waals surface area contributed by atoms with E-state index in [9.17, 15) is 9.59 Å². The van der Waals surface area contributed by atoms with E-state index in [1.165, 1.54) is 0 Å². The number of thiophene rings is 1. The Labute approximate surface area is 195 Å². The van der Waals surface area contributed by atoms with Gasteiger partial charge in [0.15, 0.2) is 11.5 Å². The highest BCUT2D eigenvalue weighted by molar-refractivity contribution is 7.26. The number of fused-ring (bicyclic) bond motifs is 3. The quantitative estimate of drug-likeness (QED) is 0.183. The Balaban J connectivity index is 1.71. The summed E-state index contributed by atoms with van der Waals surface area (Å²) in [5.41, 5.74) is 2.69. The summed E-state index contributed by atoms with van der Waals surface area (Å²) in [6.07, 6.45) is 0. The molecule has 4 rings (SSSR count). The molecule has 6 heteroatoms. The van der Waals surface area contributed by atoms with Crippen molar-refractivity contribution in [3.63, 3.8) is 0 Å². The lowest BCUT2D eigenvalue weighted by atomic mass is 10.0. The standard InChI is InChI=1S/C27H22O5S/c1-15(2)26(28)31-19-9-6-17(7-10-19)18-8-11-20-21-12-13-22(32-27(29)16(3)4)24(30-5)25(21)33-23(20)14-18/h6-14H,1,3H2,2,4-5H3. The zero-order valence-corrected chi connectivity index (χ0v) is 19.4. The van der Waals surface area contributed by atoms with Gasteiger partial charge in [-0.05, 0) is 55.3 Å². The molecule has 0 radical (unpaired) electrons. The zero-order chi connectivity index (χ0) is 23.7. The van der Waals surface area contributed by atoms with Crippen LogP contribution in [0.5, 0.6) is 17.2 Å². The van der Waals surface area contributed by atoms with E-state index < -0.39 is 11.9 Å². The maximum Gasteiger partial charge on any atom is 0.338 e. The molecule has 0 spiro atoms. The minimum atomic E-state index is -0.492. The first-order valence-electron chi connectivity index (χ1n) is 10.2. The average Bonchev–Trinajstić information content (AvgIpc) is 3.17. The fourth-order valence-corrected chi connectivity index (χ4v) is 4.61. The van der Waals surface area contributed by atoms with Gasteiger partial charge >= 0.3 is 11.9 Å². The molecule has 0 aliphatic carbocycles. The van der Waals surface area contributed by atoms with Gasteiger partial charge < -0.3 is 14.2 Å². The third-order valence-corrected chi connectivity index (χ3v) is 6.23. The molecule has 33 heavy (non-hydrogen) atoms. The number of methoxy groups -OCH3 is 1. The molecule has 0 amide bonds. The first-order valence-corrected chi connectivity index (χ1v) is 11.0. The normalized spacial score (nSPS) is 10.8. The van der Waals surface area contributed by atoms with Crippen LogP contribution in [0.2, 0.25) is 0 Å². The van der Waals surface area contributed by atoms with Crippen molar-refractivity contribution in [2.45, 2.75) is 13.8 Å². The second kappa shape index (κ2) is 8.92. The molecule has 0 unspecified atom stereocenters. The molecular weight excluding hydrogens is 436 g/mol. The highest BCUT2D eigenvalue weighted by atomic mass is 32.1. The number of hydrogen-bond acceptors (Lipinski definition) is 6. The van der Waals surface area contributed by atoms with Gasteiger partial charge in [0, 0.05) is 26.6 Å². The number of hydrogen-bond donors (Lipinski definition) is 0. The van der Waals surface area contributed by atoms with Crippen LogP contribution in [0.25, 0.3) is 31.3 Å². The highest BCUT2D eigenvalue weighted by Crippen LogP contribution is 2.45. The maximum atomic E-state index is 12.0. The van der Waals surface area contributed by atoms with Crippen LogP contribution in [0.4, 0.5) is 0 Å². The van der Waals surface area contributed by atoms with Crippen LogP contribution in [-0.2, 0) is 9.59 Å². The van der Waals surface area contributed by atoms with Crippen LogP contribution in [0.15, 0.2) is 78.9 Å². The average molecular weight is 459 g/mol. The number of benzene rings is 3. The summed E-state index contributed by atoms with van der Waals surface area (Å²) in [6.45, 7) is 10.4. The molecule has 0 N–H and O–H groups in total. The topological polar surface area (TPSA) is 61.8 Å². The minimum Gasteiger partial charge on any atom is -0.491 e. The summed E-state index contributed by atoms with van der Waals surface area (Å²) >= 11 is 1.57. The Morgan fingerprint density at radius 1 is 0.788 bits per heavy atom. The van der Waals surface area contributed by atoms with Gasteiger partial charge in [0.2, 0.25) is 0 Å². The third kappa shape index (κ3) is 4.38. The van der Waals surface area contributed by atoms with E-state index in [-0.39, 0.29) is 0 Å². The minimum absolute atomic E-state index is 0.318. The van der Waals surface area contributed by atoms with E-state index in [0.717, 1.165) is 31.3 Å². The molecule has 3 aromatic carbocycles. The lowest BCUT2D eigenvalue weighted by molar-refractivity contribution is -0.131. The first kappa shape index (κ1) is 22.3. The molecule has 0 aliphatic rings. The highest BCUT2D eigenvalue weighted by Gasteiger charge is 2.17. The molecule has 0 saturated carbocycles. The summed E-state index contributed by atoms with van der Waals surface area (Å²) in [7, 11) is 1.56. The van der Waals surface area contributed by atoms with Crippen LogP contribution in [-0.4, -0.2) is 19.0 Å². The van der Waals surface area contributed by atoms with Crippen LogP contribution in [0, 0.1) is 0 Å². The molecule has 0 fully saturated rings. The molecule has 0 aliphatic heterocycles. The van der Waals surface area contributed by atoms with Gasteiger partial charge in [-0.15, -0.1) is 11.3 Å². The Morgan fingerprint density at radius 2 is 1.39 bits per heavy atom. The van der Waals surface area contributed by atoms with Crippen molar-refractivity contribution in [2.24, 2.45) is 0 Å².